The minimum Gasteiger partial charge on any atom is -0.382 e. The summed E-state index contributed by atoms with van der Waals surface area (Å²) in [7, 11) is 1.55. The summed E-state index contributed by atoms with van der Waals surface area (Å²) >= 11 is 0. The standard InChI is InChI=1S/C9H16N4O3/c1-3-4-7-10-8(12-11-7)9(14)13-16-6-5-15-2/h3-6H2,1-2H3,(H,13,14)(H,10,11,12). The zero-order valence-electron chi connectivity index (χ0n) is 9.45. The van der Waals surface area contributed by atoms with Crippen molar-refractivity contribution in [1.29, 1.82) is 0 Å². The Hall–Kier alpha value is -1.47. The van der Waals surface area contributed by atoms with Gasteiger partial charge in [-0.05, 0) is 6.42 Å². The highest BCUT2D eigenvalue weighted by Crippen LogP contribution is 1.96. The SMILES string of the molecule is CCCc1nc(C(=O)NOCCOC)n[nH]1. The average molecular weight is 228 g/mol. The Bertz CT molecular complexity index is 326. The van der Waals surface area contributed by atoms with Gasteiger partial charge in [-0.1, -0.05) is 6.92 Å². The van der Waals surface area contributed by atoms with E-state index in [1.165, 1.54) is 0 Å². The Kier molecular flexibility index (Phi) is 5.44. The average Bonchev–Trinajstić information content (AvgIpc) is 2.73. The van der Waals surface area contributed by atoms with Gasteiger partial charge in [0.05, 0.1) is 13.2 Å². The second kappa shape index (κ2) is 6.91. The van der Waals surface area contributed by atoms with Crippen LogP contribution in [0.15, 0.2) is 0 Å². The summed E-state index contributed by atoms with van der Waals surface area (Å²) < 4.78 is 4.75. The molecule has 0 aliphatic heterocycles. The number of carbonyl (C=O) groups is 1. The van der Waals surface area contributed by atoms with Crippen molar-refractivity contribution in [2.45, 2.75) is 19.8 Å². The maximum Gasteiger partial charge on any atom is 0.314 e. The van der Waals surface area contributed by atoms with E-state index >= 15 is 0 Å². The first-order valence-corrected chi connectivity index (χ1v) is 5.10. The molecule has 1 rings (SSSR count). The number of nitrogens with zero attached hydrogens (tertiary/aromatic N) is 2. The zero-order valence-corrected chi connectivity index (χ0v) is 9.45. The first kappa shape index (κ1) is 12.6. The number of H-pyrrole nitrogens is 1. The van der Waals surface area contributed by atoms with Gasteiger partial charge in [0, 0.05) is 13.5 Å². The third kappa shape index (κ3) is 3.95. The van der Waals surface area contributed by atoms with Crippen LogP contribution in [0.25, 0.3) is 0 Å². The molecule has 16 heavy (non-hydrogen) atoms. The molecule has 0 spiro atoms. The highest BCUT2D eigenvalue weighted by atomic mass is 16.7. The van der Waals surface area contributed by atoms with Gasteiger partial charge in [0.1, 0.15) is 5.82 Å². The number of rotatable bonds is 7. The Morgan fingerprint density at radius 1 is 1.50 bits per heavy atom. The fourth-order valence-electron chi connectivity index (χ4n) is 1.03. The molecule has 90 valence electrons. The number of amides is 1. The van der Waals surface area contributed by atoms with E-state index in [2.05, 4.69) is 20.7 Å². The lowest BCUT2D eigenvalue weighted by Gasteiger charge is -2.01. The molecule has 0 radical (unpaired) electrons. The van der Waals surface area contributed by atoms with Gasteiger partial charge in [-0.25, -0.2) is 10.5 Å². The van der Waals surface area contributed by atoms with Crippen molar-refractivity contribution in [2.75, 3.05) is 20.3 Å². The molecule has 0 aromatic carbocycles. The van der Waals surface area contributed by atoms with Crippen LogP contribution in [-0.2, 0) is 16.0 Å². The lowest BCUT2D eigenvalue weighted by molar-refractivity contribution is 0.00826. The van der Waals surface area contributed by atoms with Gasteiger partial charge in [0.2, 0.25) is 5.82 Å². The van der Waals surface area contributed by atoms with E-state index in [0.29, 0.717) is 12.4 Å². The van der Waals surface area contributed by atoms with Crippen LogP contribution < -0.4 is 5.48 Å². The monoisotopic (exact) mass is 228 g/mol. The van der Waals surface area contributed by atoms with Crippen molar-refractivity contribution in [1.82, 2.24) is 20.7 Å². The third-order valence-corrected chi connectivity index (χ3v) is 1.78. The van der Waals surface area contributed by atoms with E-state index in [0.717, 1.165) is 12.8 Å². The number of hydrogen-bond donors (Lipinski definition) is 2. The number of methoxy groups -OCH3 is 1. The predicted octanol–water partition coefficient (Wildman–Crippen LogP) is 0.0650. The van der Waals surface area contributed by atoms with Gasteiger partial charge < -0.3 is 4.74 Å². The van der Waals surface area contributed by atoms with E-state index in [9.17, 15) is 4.79 Å². The van der Waals surface area contributed by atoms with Crippen LogP contribution in [0, 0.1) is 0 Å². The number of hydroxylamine groups is 1. The van der Waals surface area contributed by atoms with Gasteiger partial charge in [0.15, 0.2) is 0 Å². The predicted molar refractivity (Wildman–Crippen MR) is 55.7 cm³/mol. The van der Waals surface area contributed by atoms with E-state index in [1.54, 1.807) is 7.11 Å². The van der Waals surface area contributed by atoms with Gasteiger partial charge in [-0.15, -0.1) is 5.10 Å². The van der Waals surface area contributed by atoms with Crippen LogP contribution in [-0.4, -0.2) is 41.4 Å². The summed E-state index contributed by atoms with van der Waals surface area (Å²) in [4.78, 5) is 20.3. The van der Waals surface area contributed by atoms with Gasteiger partial charge in [0.25, 0.3) is 0 Å². The molecule has 0 saturated carbocycles. The summed E-state index contributed by atoms with van der Waals surface area (Å²) in [5.41, 5.74) is 2.23. The topological polar surface area (TPSA) is 89.1 Å². The molecule has 0 fully saturated rings. The smallest absolute Gasteiger partial charge is 0.314 e. The van der Waals surface area contributed by atoms with Crippen LogP contribution in [0.2, 0.25) is 0 Å². The molecule has 7 heteroatoms. The second-order valence-corrected chi connectivity index (χ2v) is 3.13. The highest BCUT2D eigenvalue weighted by molar-refractivity contribution is 5.89. The number of hydrogen-bond acceptors (Lipinski definition) is 5. The summed E-state index contributed by atoms with van der Waals surface area (Å²) in [5, 5.41) is 6.46. The molecule has 0 bridgehead atoms. The molecule has 0 aliphatic rings. The number of ether oxygens (including phenoxy) is 1. The van der Waals surface area contributed by atoms with E-state index in [4.69, 9.17) is 9.57 Å². The molecular weight excluding hydrogens is 212 g/mol. The van der Waals surface area contributed by atoms with Crippen LogP contribution in [0.1, 0.15) is 29.8 Å². The molecular formula is C9H16N4O3. The van der Waals surface area contributed by atoms with E-state index in [1.807, 2.05) is 6.92 Å². The second-order valence-electron chi connectivity index (χ2n) is 3.13. The molecule has 1 heterocycles. The first-order chi connectivity index (χ1) is 7.77. The summed E-state index contributed by atoms with van der Waals surface area (Å²) in [6.45, 7) is 2.72. The third-order valence-electron chi connectivity index (χ3n) is 1.78. The fraction of sp³-hybridized carbons (Fsp3) is 0.667. The van der Waals surface area contributed by atoms with E-state index < -0.39 is 5.91 Å². The van der Waals surface area contributed by atoms with Crippen LogP contribution in [0.3, 0.4) is 0 Å². The molecule has 2 N–H and O–H groups in total. The molecule has 0 aliphatic carbocycles. The van der Waals surface area contributed by atoms with Crippen molar-refractivity contribution >= 4 is 5.91 Å². The van der Waals surface area contributed by atoms with Crippen molar-refractivity contribution < 1.29 is 14.4 Å². The number of aryl methyl sites for hydroxylation is 1. The number of carbonyl (C=O) groups excluding carboxylic acids is 1. The van der Waals surface area contributed by atoms with E-state index in [-0.39, 0.29) is 12.4 Å². The minimum absolute atomic E-state index is 0.0841. The maximum atomic E-state index is 11.4. The normalized spacial score (nSPS) is 10.4. The highest BCUT2D eigenvalue weighted by Gasteiger charge is 2.11. The maximum absolute atomic E-state index is 11.4. The number of nitrogens with one attached hydrogen (secondary N) is 2. The van der Waals surface area contributed by atoms with Crippen molar-refractivity contribution in [2.24, 2.45) is 0 Å². The lowest BCUT2D eigenvalue weighted by atomic mass is 10.3. The largest absolute Gasteiger partial charge is 0.382 e. The Balaban J connectivity index is 2.34. The van der Waals surface area contributed by atoms with Crippen LogP contribution in [0.5, 0.6) is 0 Å². The fourth-order valence-corrected chi connectivity index (χ4v) is 1.03. The van der Waals surface area contributed by atoms with Crippen molar-refractivity contribution in [3.8, 4) is 0 Å². The lowest BCUT2D eigenvalue weighted by Crippen LogP contribution is -2.26. The first-order valence-electron chi connectivity index (χ1n) is 5.10. The van der Waals surface area contributed by atoms with Crippen LogP contribution >= 0.6 is 0 Å². The molecule has 1 aromatic heterocycles. The van der Waals surface area contributed by atoms with Crippen molar-refractivity contribution in [3.05, 3.63) is 11.6 Å². The molecule has 1 aromatic rings. The summed E-state index contributed by atoms with van der Waals surface area (Å²) in [6.07, 6.45) is 1.71. The van der Waals surface area contributed by atoms with Gasteiger partial charge >= 0.3 is 5.91 Å². The van der Waals surface area contributed by atoms with Gasteiger partial charge in [-0.3, -0.25) is 14.7 Å². The molecule has 1 amide bonds. The van der Waals surface area contributed by atoms with Gasteiger partial charge in [-0.2, -0.15) is 0 Å². The Morgan fingerprint density at radius 2 is 2.31 bits per heavy atom. The molecule has 0 saturated heterocycles. The Labute approximate surface area is 93.5 Å². The summed E-state index contributed by atoms with van der Waals surface area (Å²) in [6, 6.07) is 0. The van der Waals surface area contributed by atoms with Crippen LogP contribution in [0.4, 0.5) is 0 Å². The summed E-state index contributed by atoms with van der Waals surface area (Å²) in [5.74, 6) is 0.320. The van der Waals surface area contributed by atoms with Crippen molar-refractivity contribution in [3.63, 3.8) is 0 Å². The Morgan fingerprint density at radius 3 is 3.00 bits per heavy atom. The zero-order chi connectivity index (χ0) is 11.8. The quantitative estimate of drug-likeness (QED) is 0.509. The molecule has 0 unspecified atom stereocenters. The number of aromatic amines is 1. The molecule has 0 atom stereocenters. The molecule has 7 nitrogen and oxygen atoms in total. The number of aromatic nitrogens is 3. The minimum atomic E-state index is -0.463.